The molecule has 122 valence electrons. The molecular weight excluding hydrogens is 310 g/mol. The summed E-state index contributed by atoms with van der Waals surface area (Å²) in [5.41, 5.74) is 0.560. The van der Waals surface area contributed by atoms with Crippen LogP contribution in [0.2, 0.25) is 0 Å². The number of carbonyl (C=O) groups is 1. The predicted molar refractivity (Wildman–Crippen MR) is 87.5 cm³/mol. The Balaban J connectivity index is 1.70. The molecule has 24 heavy (non-hydrogen) atoms. The second kappa shape index (κ2) is 5.53. The number of benzene rings is 2. The van der Waals surface area contributed by atoms with Gasteiger partial charge in [-0.15, -0.1) is 0 Å². The Hall–Kier alpha value is -2.53. The molecule has 0 bridgehead atoms. The quantitative estimate of drug-likeness (QED) is 0.860. The molecule has 3 nitrogen and oxygen atoms in total. The Labute approximate surface area is 138 Å². The molecule has 2 heterocycles. The van der Waals surface area contributed by atoms with E-state index in [4.69, 9.17) is 0 Å². The third-order valence-electron chi connectivity index (χ3n) is 4.67. The Morgan fingerprint density at radius 3 is 2.75 bits per heavy atom. The van der Waals surface area contributed by atoms with E-state index in [0.29, 0.717) is 25.2 Å². The second-order valence-electron chi connectivity index (χ2n) is 6.29. The fraction of sp³-hybridized carbons (Fsp3) is 0.211. The lowest BCUT2D eigenvalue weighted by atomic mass is 9.79. The van der Waals surface area contributed by atoms with Crippen molar-refractivity contribution in [3.05, 3.63) is 77.4 Å². The van der Waals surface area contributed by atoms with Crippen LogP contribution in [0.25, 0.3) is 0 Å². The number of anilines is 1. The van der Waals surface area contributed by atoms with Gasteiger partial charge in [-0.2, -0.15) is 0 Å². The number of rotatable bonds is 2. The highest BCUT2D eigenvalue weighted by atomic mass is 19.1. The highest BCUT2D eigenvalue weighted by Crippen LogP contribution is 2.43. The number of amides is 1. The molecule has 0 aromatic heterocycles. The van der Waals surface area contributed by atoms with Gasteiger partial charge in [0.05, 0.1) is 5.69 Å². The van der Waals surface area contributed by atoms with E-state index in [1.54, 1.807) is 6.08 Å². The Morgan fingerprint density at radius 2 is 1.96 bits per heavy atom. The summed E-state index contributed by atoms with van der Waals surface area (Å²) < 4.78 is 27.7. The number of nitrogens with zero attached hydrogens (tertiary/aromatic N) is 1. The maximum absolute atomic E-state index is 14.0. The summed E-state index contributed by atoms with van der Waals surface area (Å²) in [5.74, 6) is -1.71. The number of halogens is 2. The van der Waals surface area contributed by atoms with Gasteiger partial charge in [0, 0.05) is 31.3 Å². The van der Waals surface area contributed by atoms with Crippen molar-refractivity contribution in [2.45, 2.75) is 12.0 Å². The fourth-order valence-electron chi connectivity index (χ4n) is 3.56. The van der Waals surface area contributed by atoms with Gasteiger partial charge in [0.2, 0.25) is 5.91 Å². The van der Waals surface area contributed by atoms with Crippen molar-refractivity contribution in [2.24, 2.45) is 0 Å². The Bertz CT molecular complexity index is 835. The summed E-state index contributed by atoms with van der Waals surface area (Å²) in [6, 6.07) is 12.0. The van der Waals surface area contributed by atoms with Crippen LogP contribution in [0.4, 0.5) is 14.5 Å². The summed E-state index contributed by atoms with van der Waals surface area (Å²) >= 11 is 0. The van der Waals surface area contributed by atoms with Crippen molar-refractivity contribution >= 4 is 11.6 Å². The van der Waals surface area contributed by atoms with E-state index in [1.165, 1.54) is 6.07 Å². The standard InChI is InChI=1S/C19H16F2N2O/c20-14-9-15-17(16(21)10-14)22-18(24)19(15)7-4-8-23(12-19)11-13-5-2-1-3-6-13/h1-7,9-10H,8,11-12H2,(H,22,24). The van der Waals surface area contributed by atoms with Gasteiger partial charge in [-0.05, 0) is 11.6 Å². The number of carbonyl (C=O) groups excluding carboxylic acids is 1. The van der Waals surface area contributed by atoms with Crippen molar-refractivity contribution in [3.63, 3.8) is 0 Å². The van der Waals surface area contributed by atoms with E-state index >= 15 is 0 Å². The molecule has 4 rings (SSSR count). The van der Waals surface area contributed by atoms with Crippen LogP contribution in [-0.2, 0) is 16.8 Å². The maximum atomic E-state index is 14.0. The molecule has 1 unspecified atom stereocenters. The van der Waals surface area contributed by atoms with Crippen molar-refractivity contribution in [1.82, 2.24) is 4.90 Å². The van der Waals surface area contributed by atoms with E-state index in [-0.39, 0.29) is 11.6 Å². The number of hydrogen-bond acceptors (Lipinski definition) is 2. The molecule has 0 saturated heterocycles. The van der Waals surface area contributed by atoms with Crippen LogP contribution in [0.15, 0.2) is 54.6 Å². The van der Waals surface area contributed by atoms with E-state index in [9.17, 15) is 13.6 Å². The van der Waals surface area contributed by atoms with Gasteiger partial charge in [0.1, 0.15) is 17.0 Å². The molecule has 2 aromatic carbocycles. The van der Waals surface area contributed by atoms with Crippen molar-refractivity contribution in [3.8, 4) is 0 Å². The largest absolute Gasteiger partial charge is 0.322 e. The highest BCUT2D eigenvalue weighted by Gasteiger charge is 2.48. The monoisotopic (exact) mass is 326 g/mol. The van der Waals surface area contributed by atoms with Crippen LogP contribution < -0.4 is 5.32 Å². The zero-order valence-corrected chi connectivity index (χ0v) is 12.9. The predicted octanol–water partition coefficient (Wildman–Crippen LogP) is 3.23. The van der Waals surface area contributed by atoms with Crippen LogP contribution >= 0.6 is 0 Å². The second-order valence-corrected chi connectivity index (χ2v) is 6.29. The Morgan fingerprint density at radius 1 is 1.17 bits per heavy atom. The van der Waals surface area contributed by atoms with Crippen LogP contribution in [0, 0.1) is 11.6 Å². The highest BCUT2D eigenvalue weighted by molar-refractivity contribution is 6.08. The summed E-state index contributed by atoms with van der Waals surface area (Å²) in [6.07, 6.45) is 3.67. The zero-order chi connectivity index (χ0) is 16.7. The molecule has 0 saturated carbocycles. The van der Waals surface area contributed by atoms with Crippen LogP contribution in [0.1, 0.15) is 11.1 Å². The normalized spacial score (nSPS) is 22.7. The molecule has 2 aliphatic rings. The lowest BCUT2D eigenvalue weighted by Gasteiger charge is -2.35. The molecule has 2 aliphatic heterocycles. The zero-order valence-electron chi connectivity index (χ0n) is 12.9. The fourth-order valence-corrected chi connectivity index (χ4v) is 3.56. The number of hydrogen-bond donors (Lipinski definition) is 1. The number of fused-ring (bicyclic) bond motifs is 2. The summed E-state index contributed by atoms with van der Waals surface area (Å²) in [5, 5.41) is 2.58. The van der Waals surface area contributed by atoms with Gasteiger partial charge in [-0.3, -0.25) is 9.69 Å². The molecule has 1 amide bonds. The van der Waals surface area contributed by atoms with Crippen LogP contribution in [-0.4, -0.2) is 23.9 Å². The molecular formula is C19H16F2N2O. The molecule has 0 radical (unpaired) electrons. The van der Waals surface area contributed by atoms with Gasteiger partial charge in [-0.1, -0.05) is 42.5 Å². The molecule has 1 spiro atoms. The van der Waals surface area contributed by atoms with E-state index in [1.807, 2.05) is 36.4 Å². The third kappa shape index (κ3) is 2.32. The Kier molecular flexibility index (Phi) is 3.46. The molecule has 0 fully saturated rings. The first kappa shape index (κ1) is 15.0. The van der Waals surface area contributed by atoms with E-state index in [0.717, 1.165) is 11.6 Å². The average Bonchev–Trinajstić information content (AvgIpc) is 2.82. The minimum absolute atomic E-state index is 0.0904. The average molecular weight is 326 g/mol. The lowest BCUT2D eigenvalue weighted by Crippen LogP contribution is -2.46. The third-order valence-corrected chi connectivity index (χ3v) is 4.67. The van der Waals surface area contributed by atoms with Gasteiger partial charge < -0.3 is 5.32 Å². The lowest BCUT2D eigenvalue weighted by molar-refractivity contribution is -0.120. The molecule has 1 atom stereocenters. The van der Waals surface area contributed by atoms with Crippen LogP contribution in [0.3, 0.4) is 0 Å². The SMILES string of the molecule is O=C1Nc2c(F)cc(F)cc2C12C=CCN(Cc1ccccc1)C2. The smallest absolute Gasteiger partial charge is 0.240 e. The first-order valence-electron chi connectivity index (χ1n) is 7.83. The minimum atomic E-state index is -1.04. The first-order chi connectivity index (χ1) is 11.6. The molecule has 1 N–H and O–H groups in total. The van der Waals surface area contributed by atoms with Crippen LogP contribution in [0.5, 0.6) is 0 Å². The van der Waals surface area contributed by atoms with E-state index in [2.05, 4.69) is 10.2 Å². The summed E-state index contributed by atoms with van der Waals surface area (Å²) in [4.78, 5) is 14.7. The van der Waals surface area contributed by atoms with Gasteiger partial charge >= 0.3 is 0 Å². The van der Waals surface area contributed by atoms with Gasteiger partial charge in [0.15, 0.2) is 0 Å². The maximum Gasteiger partial charge on any atom is 0.240 e. The van der Waals surface area contributed by atoms with Crippen molar-refractivity contribution < 1.29 is 13.6 Å². The topological polar surface area (TPSA) is 32.3 Å². The van der Waals surface area contributed by atoms with Crippen molar-refractivity contribution in [1.29, 1.82) is 0 Å². The van der Waals surface area contributed by atoms with E-state index < -0.39 is 17.0 Å². The first-order valence-corrected chi connectivity index (χ1v) is 7.83. The summed E-state index contributed by atoms with van der Waals surface area (Å²) in [6.45, 7) is 1.75. The molecule has 0 aliphatic carbocycles. The summed E-state index contributed by atoms with van der Waals surface area (Å²) in [7, 11) is 0. The van der Waals surface area contributed by atoms with Gasteiger partial charge in [-0.25, -0.2) is 8.78 Å². The number of nitrogens with one attached hydrogen (secondary N) is 1. The minimum Gasteiger partial charge on any atom is -0.322 e. The van der Waals surface area contributed by atoms with Gasteiger partial charge in [0.25, 0.3) is 0 Å². The van der Waals surface area contributed by atoms with Crippen molar-refractivity contribution in [2.75, 3.05) is 18.4 Å². The molecule has 5 heteroatoms. The molecule has 2 aromatic rings.